The van der Waals surface area contributed by atoms with Gasteiger partial charge in [-0.3, -0.25) is 4.79 Å². The minimum Gasteiger partial charge on any atom is -0.273 e. The lowest BCUT2D eigenvalue weighted by molar-refractivity contribution is 0.0871. The van der Waals surface area contributed by atoms with E-state index in [0.29, 0.717) is 27.0 Å². The van der Waals surface area contributed by atoms with E-state index in [1.807, 2.05) is 12.1 Å². The van der Waals surface area contributed by atoms with Crippen LogP contribution in [0, 0.1) is 42.4 Å². The van der Waals surface area contributed by atoms with Crippen LogP contribution in [0.1, 0.15) is 34.1 Å². The Balaban J connectivity index is 2.39. The molecule has 7 heteroatoms. The third-order valence-electron chi connectivity index (χ3n) is 3.79. The fourth-order valence-electron chi connectivity index (χ4n) is 2.52. The molecule has 1 unspecified atom stereocenters. The average Bonchev–Trinajstić information content (AvgIpc) is 2.82. The first-order valence-electron chi connectivity index (χ1n) is 7.18. The Bertz CT molecular complexity index is 846. The normalized spacial score (nSPS) is 11.8. The molecule has 0 saturated carbocycles. The van der Waals surface area contributed by atoms with Gasteiger partial charge in [0.15, 0.2) is 0 Å². The molecule has 122 valence electrons. The molecule has 24 heavy (non-hydrogen) atoms. The molecule has 0 N–H and O–H groups in total. The van der Waals surface area contributed by atoms with Crippen LogP contribution in [0.15, 0.2) is 24.3 Å². The van der Waals surface area contributed by atoms with Crippen molar-refractivity contribution in [1.82, 2.24) is 9.78 Å². The van der Waals surface area contributed by atoms with Crippen molar-refractivity contribution in [1.29, 1.82) is 10.5 Å². The minimum atomic E-state index is -0.972. The molecule has 5 nitrogen and oxygen atoms in total. The van der Waals surface area contributed by atoms with Crippen molar-refractivity contribution in [2.45, 2.75) is 26.2 Å². The number of rotatable bonds is 4. The topological polar surface area (TPSA) is 82.5 Å². The highest BCUT2D eigenvalue weighted by molar-refractivity contribution is 6.32. The zero-order chi connectivity index (χ0) is 17.9. The smallest absolute Gasteiger partial charge is 0.247 e. The largest absolute Gasteiger partial charge is 0.273 e. The molecule has 1 atom stereocenters. The number of nitriles is 2. The highest BCUT2D eigenvalue weighted by Gasteiger charge is 2.28. The van der Waals surface area contributed by atoms with Gasteiger partial charge in [-0.05, 0) is 31.5 Å². The number of aryl methyl sites for hydroxylation is 1. The lowest BCUT2D eigenvalue weighted by Gasteiger charge is -2.17. The number of benzene rings is 1. The fourth-order valence-corrected chi connectivity index (χ4v) is 2.83. The van der Waals surface area contributed by atoms with E-state index in [2.05, 4.69) is 5.10 Å². The highest BCUT2D eigenvalue weighted by atomic mass is 35.5. The Labute approximate surface area is 150 Å². The van der Waals surface area contributed by atoms with Crippen molar-refractivity contribution in [3.63, 3.8) is 0 Å². The number of hydrogen-bond donors (Lipinski definition) is 0. The number of nitrogens with zero attached hydrogens (tertiary/aromatic N) is 4. The van der Waals surface area contributed by atoms with Crippen LogP contribution in [0.5, 0.6) is 0 Å². The number of halogens is 2. The monoisotopic (exact) mass is 360 g/mol. The maximum Gasteiger partial charge on any atom is 0.247 e. The number of carbonyl (C=O) groups excluding carboxylic acids is 1. The second-order valence-corrected chi connectivity index (χ2v) is 6.21. The van der Waals surface area contributed by atoms with Crippen LogP contribution in [-0.2, 0) is 0 Å². The Morgan fingerprint density at radius 2 is 1.96 bits per heavy atom. The summed E-state index contributed by atoms with van der Waals surface area (Å²) in [5.41, 5.74) is 1.75. The van der Waals surface area contributed by atoms with Crippen molar-refractivity contribution in [3.05, 3.63) is 51.3 Å². The maximum atomic E-state index is 12.6. The van der Waals surface area contributed by atoms with Crippen LogP contribution >= 0.6 is 23.2 Å². The third-order valence-corrected chi connectivity index (χ3v) is 4.57. The fraction of sp³-hybridized carbons (Fsp3) is 0.294. The summed E-state index contributed by atoms with van der Waals surface area (Å²) in [6.07, 6.45) is -0.0512. The van der Waals surface area contributed by atoms with Gasteiger partial charge in [0.05, 0.1) is 28.5 Å². The SMILES string of the molecule is Cc1nn(C(=O)CC(c2cccc(Cl)c2)C(C#N)C#N)c(C)c1Cl. The van der Waals surface area contributed by atoms with E-state index in [1.54, 1.807) is 38.1 Å². The molecule has 1 aromatic carbocycles. The van der Waals surface area contributed by atoms with Gasteiger partial charge in [-0.1, -0.05) is 35.3 Å². The summed E-state index contributed by atoms with van der Waals surface area (Å²) in [5, 5.41) is 23.5. The first-order valence-corrected chi connectivity index (χ1v) is 7.94. The predicted molar refractivity (Wildman–Crippen MR) is 90.9 cm³/mol. The van der Waals surface area contributed by atoms with Crippen LogP contribution in [0.25, 0.3) is 0 Å². The first-order chi connectivity index (χ1) is 11.4. The summed E-state index contributed by atoms with van der Waals surface area (Å²) in [5.74, 6) is -1.91. The Hall–Kier alpha value is -2.34. The summed E-state index contributed by atoms with van der Waals surface area (Å²) >= 11 is 12.1. The summed E-state index contributed by atoms with van der Waals surface area (Å²) in [6, 6.07) is 10.7. The van der Waals surface area contributed by atoms with Crippen molar-refractivity contribution < 1.29 is 4.79 Å². The molecule has 0 amide bonds. The Morgan fingerprint density at radius 1 is 1.29 bits per heavy atom. The van der Waals surface area contributed by atoms with Crippen LogP contribution in [0.4, 0.5) is 0 Å². The molecule has 0 saturated heterocycles. The van der Waals surface area contributed by atoms with E-state index < -0.39 is 11.8 Å². The Kier molecular flexibility index (Phi) is 5.62. The van der Waals surface area contributed by atoms with E-state index in [1.165, 1.54) is 4.68 Å². The number of aromatic nitrogens is 2. The van der Waals surface area contributed by atoms with Crippen LogP contribution in [0.3, 0.4) is 0 Å². The van der Waals surface area contributed by atoms with Crippen LogP contribution in [-0.4, -0.2) is 15.7 Å². The van der Waals surface area contributed by atoms with Gasteiger partial charge in [0, 0.05) is 17.4 Å². The zero-order valence-electron chi connectivity index (χ0n) is 13.1. The molecule has 2 aromatic rings. The van der Waals surface area contributed by atoms with Crippen molar-refractivity contribution in [3.8, 4) is 12.1 Å². The minimum absolute atomic E-state index is 0.0512. The van der Waals surface area contributed by atoms with Gasteiger partial charge in [0.25, 0.3) is 0 Å². The summed E-state index contributed by atoms with van der Waals surface area (Å²) in [4.78, 5) is 12.6. The molecular weight excluding hydrogens is 347 g/mol. The van der Waals surface area contributed by atoms with Crippen molar-refractivity contribution in [2.24, 2.45) is 5.92 Å². The molecule has 0 aliphatic carbocycles. The van der Waals surface area contributed by atoms with E-state index in [0.717, 1.165) is 0 Å². The van der Waals surface area contributed by atoms with E-state index in [4.69, 9.17) is 23.2 Å². The number of hydrogen-bond acceptors (Lipinski definition) is 4. The van der Waals surface area contributed by atoms with E-state index >= 15 is 0 Å². The van der Waals surface area contributed by atoms with Crippen LogP contribution < -0.4 is 0 Å². The molecule has 2 rings (SSSR count). The van der Waals surface area contributed by atoms with Gasteiger partial charge in [-0.25, -0.2) is 4.68 Å². The van der Waals surface area contributed by atoms with Gasteiger partial charge in [-0.2, -0.15) is 15.6 Å². The Morgan fingerprint density at radius 3 is 2.46 bits per heavy atom. The first kappa shape index (κ1) is 18.0. The quantitative estimate of drug-likeness (QED) is 0.814. The molecule has 0 bridgehead atoms. The molecule has 0 radical (unpaired) electrons. The standard InChI is InChI=1S/C17H14Cl2N4O/c1-10-17(19)11(2)23(22-10)16(24)7-15(13(8-20)9-21)12-4-3-5-14(18)6-12/h3-6,13,15H,7H2,1-2H3. The zero-order valence-corrected chi connectivity index (χ0v) is 14.6. The second-order valence-electron chi connectivity index (χ2n) is 5.39. The summed E-state index contributed by atoms with van der Waals surface area (Å²) in [6.45, 7) is 3.40. The van der Waals surface area contributed by atoms with Gasteiger partial charge < -0.3 is 0 Å². The maximum absolute atomic E-state index is 12.6. The summed E-state index contributed by atoms with van der Waals surface area (Å²) in [7, 11) is 0. The molecule has 1 heterocycles. The van der Waals surface area contributed by atoms with E-state index in [9.17, 15) is 15.3 Å². The predicted octanol–water partition coefficient (Wildman–Crippen LogP) is 4.28. The van der Waals surface area contributed by atoms with Crippen molar-refractivity contribution in [2.75, 3.05) is 0 Å². The molecule has 0 aliphatic rings. The molecule has 0 aliphatic heterocycles. The third kappa shape index (κ3) is 3.59. The van der Waals surface area contributed by atoms with Crippen molar-refractivity contribution >= 4 is 29.1 Å². The second kappa shape index (κ2) is 7.49. The van der Waals surface area contributed by atoms with Crippen LogP contribution in [0.2, 0.25) is 10.0 Å². The van der Waals surface area contributed by atoms with E-state index in [-0.39, 0.29) is 12.3 Å². The van der Waals surface area contributed by atoms with Gasteiger partial charge in [0.2, 0.25) is 5.91 Å². The molecule has 0 spiro atoms. The molecule has 1 aromatic heterocycles. The lowest BCUT2D eigenvalue weighted by atomic mass is 9.85. The highest BCUT2D eigenvalue weighted by Crippen LogP contribution is 2.30. The summed E-state index contributed by atoms with van der Waals surface area (Å²) < 4.78 is 1.22. The van der Waals surface area contributed by atoms with Gasteiger partial charge in [0.1, 0.15) is 5.92 Å². The van der Waals surface area contributed by atoms with Gasteiger partial charge >= 0.3 is 0 Å². The lowest BCUT2D eigenvalue weighted by Crippen LogP contribution is -2.21. The average molecular weight is 361 g/mol. The molecular formula is C17H14Cl2N4O. The number of carbonyl (C=O) groups is 1. The molecule has 0 fully saturated rings. The van der Waals surface area contributed by atoms with Gasteiger partial charge in [-0.15, -0.1) is 0 Å².